The van der Waals surface area contributed by atoms with Crippen LogP contribution in [0.25, 0.3) is 0 Å². The molecule has 0 saturated heterocycles. The van der Waals surface area contributed by atoms with Crippen LogP contribution in [0.1, 0.15) is 24.2 Å². The van der Waals surface area contributed by atoms with Crippen molar-refractivity contribution < 1.29 is 9.53 Å². The van der Waals surface area contributed by atoms with Gasteiger partial charge in [0.15, 0.2) is 0 Å². The summed E-state index contributed by atoms with van der Waals surface area (Å²) in [4.78, 5) is 16.2. The Morgan fingerprint density at radius 2 is 1.62 bits per heavy atom. The van der Waals surface area contributed by atoms with Crippen LogP contribution in [0.4, 0.5) is 11.4 Å². The minimum absolute atomic E-state index is 0.0799. The van der Waals surface area contributed by atoms with Gasteiger partial charge in [0.1, 0.15) is 11.5 Å². The Hall–Kier alpha value is -3.34. The van der Waals surface area contributed by atoms with Crippen LogP contribution in [-0.2, 0) is 0 Å². The minimum Gasteiger partial charge on any atom is -0.457 e. The molecule has 3 rings (SSSR count). The van der Waals surface area contributed by atoms with E-state index in [9.17, 15) is 4.79 Å². The Morgan fingerprint density at radius 3 is 2.31 bits per heavy atom. The first kappa shape index (κ1) is 17.5. The smallest absolute Gasteiger partial charge is 0.253 e. The van der Waals surface area contributed by atoms with Gasteiger partial charge in [-0.05, 0) is 56.3 Å². The second-order valence-electron chi connectivity index (χ2n) is 6.15. The summed E-state index contributed by atoms with van der Waals surface area (Å²) in [7, 11) is 0. The summed E-state index contributed by atoms with van der Waals surface area (Å²) in [6.45, 7) is 3.85. The van der Waals surface area contributed by atoms with Crippen molar-refractivity contribution in [1.82, 2.24) is 10.3 Å². The molecule has 0 spiro atoms. The van der Waals surface area contributed by atoms with Gasteiger partial charge in [-0.1, -0.05) is 18.2 Å². The number of hydrogen-bond donors (Lipinski definition) is 2. The quantitative estimate of drug-likeness (QED) is 0.675. The van der Waals surface area contributed by atoms with Gasteiger partial charge in [0.05, 0.1) is 17.4 Å². The van der Waals surface area contributed by atoms with E-state index in [1.807, 2.05) is 68.4 Å². The highest BCUT2D eigenvalue weighted by molar-refractivity contribution is 5.95. The molecule has 2 N–H and O–H groups in total. The number of nitrogens with zero attached hydrogens (tertiary/aromatic N) is 1. The Bertz CT molecular complexity index is 862. The number of anilines is 2. The number of carbonyl (C=O) groups is 1. The van der Waals surface area contributed by atoms with Gasteiger partial charge in [-0.15, -0.1) is 0 Å². The Balaban J connectivity index is 1.66. The van der Waals surface area contributed by atoms with E-state index in [-0.39, 0.29) is 11.9 Å². The zero-order chi connectivity index (χ0) is 18.4. The van der Waals surface area contributed by atoms with E-state index < -0.39 is 0 Å². The van der Waals surface area contributed by atoms with Crippen LogP contribution in [-0.4, -0.2) is 16.9 Å². The summed E-state index contributed by atoms with van der Waals surface area (Å²) in [5.74, 6) is 1.41. The van der Waals surface area contributed by atoms with E-state index in [2.05, 4.69) is 15.6 Å². The molecule has 1 heterocycles. The lowest BCUT2D eigenvalue weighted by molar-refractivity contribution is 0.0943. The number of nitrogens with one attached hydrogen (secondary N) is 2. The van der Waals surface area contributed by atoms with Gasteiger partial charge in [0.25, 0.3) is 5.91 Å². The zero-order valence-corrected chi connectivity index (χ0v) is 14.8. The summed E-state index contributed by atoms with van der Waals surface area (Å²) in [5, 5.41) is 6.10. The van der Waals surface area contributed by atoms with Gasteiger partial charge >= 0.3 is 0 Å². The molecule has 5 heteroatoms. The Kier molecular flexibility index (Phi) is 5.49. The fraction of sp³-hybridized carbons (Fsp3) is 0.143. The van der Waals surface area contributed by atoms with Crippen LogP contribution in [0.3, 0.4) is 0 Å². The lowest BCUT2D eigenvalue weighted by Crippen LogP contribution is -2.30. The molecular weight excluding hydrogens is 326 g/mol. The van der Waals surface area contributed by atoms with Gasteiger partial charge in [0, 0.05) is 17.9 Å². The van der Waals surface area contributed by atoms with E-state index in [4.69, 9.17) is 4.74 Å². The van der Waals surface area contributed by atoms with Crippen molar-refractivity contribution in [3.8, 4) is 11.5 Å². The summed E-state index contributed by atoms with van der Waals surface area (Å²) < 4.78 is 5.78. The van der Waals surface area contributed by atoms with E-state index in [1.165, 1.54) is 0 Å². The van der Waals surface area contributed by atoms with Crippen LogP contribution in [0.2, 0.25) is 0 Å². The topological polar surface area (TPSA) is 63.2 Å². The van der Waals surface area contributed by atoms with Gasteiger partial charge in [-0.2, -0.15) is 0 Å². The number of aromatic nitrogens is 1. The lowest BCUT2D eigenvalue weighted by atomic mass is 10.2. The average molecular weight is 347 g/mol. The Labute approximate surface area is 153 Å². The number of amides is 1. The number of benzene rings is 2. The van der Waals surface area contributed by atoms with Crippen LogP contribution < -0.4 is 15.4 Å². The molecular formula is C21H21N3O2. The molecule has 26 heavy (non-hydrogen) atoms. The third-order valence-corrected chi connectivity index (χ3v) is 3.54. The molecule has 5 nitrogen and oxygen atoms in total. The molecule has 0 bridgehead atoms. The molecule has 0 aliphatic rings. The van der Waals surface area contributed by atoms with E-state index in [0.29, 0.717) is 5.56 Å². The molecule has 132 valence electrons. The maximum Gasteiger partial charge on any atom is 0.253 e. The molecule has 0 radical (unpaired) electrons. The van der Waals surface area contributed by atoms with Crippen molar-refractivity contribution in [2.75, 3.05) is 5.32 Å². The van der Waals surface area contributed by atoms with Crippen molar-refractivity contribution >= 4 is 17.3 Å². The number of carbonyl (C=O) groups excluding carboxylic acids is 1. The van der Waals surface area contributed by atoms with Crippen LogP contribution >= 0.6 is 0 Å². The summed E-state index contributed by atoms with van der Waals surface area (Å²) in [6, 6.07) is 19.1. The highest BCUT2D eigenvalue weighted by Gasteiger charge is 2.08. The normalized spacial score (nSPS) is 10.4. The average Bonchev–Trinajstić information content (AvgIpc) is 2.64. The molecule has 0 saturated carbocycles. The van der Waals surface area contributed by atoms with Crippen molar-refractivity contribution in [2.45, 2.75) is 19.9 Å². The van der Waals surface area contributed by atoms with Gasteiger partial charge in [-0.3, -0.25) is 9.78 Å². The predicted octanol–water partition coefficient (Wildman–Crippen LogP) is 4.76. The monoisotopic (exact) mass is 347 g/mol. The highest BCUT2D eigenvalue weighted by Crippen LogP contribution is 2.24. The van der Waals surface area contributed by atoms with Gasteiger partial charge in [-0.25, -0.2) is 0 Å². The SMILES string of the molecule is CC(C)NC(=O)c1cncc(Nc2ccc(Oc3ccccc3)cc2)c1. The predicted molar refractivity (Wildman–Crippen MR) is 103 cm³/mol. The second kappa shape index (κ2) is 8.16. The largest absolute Gasteiger partial charge is 0.457 e. The number of pyridine rings is 1. The first-order valence-corrected chi connectivity index (χ1v) is 8.46. The summed E-state index contributed by atoms with van der Waals surface area (Å²) >= 11 is 0. The van der Waals surface area contributed by atoms with Crippen molar-refractivity contribution in [3.05, 3.63) is 78.6 Å². The van der Waals surface area contributed by atoms with Crippen molar-refractivity contribution in [1.29, 1.82) is 0 Å². The third-order valence-electron chi connectivity index (χ3n) is 3.54. The van der Waals surface area contributed by atoms with Crippen LogP contribution in [0.15, 0.2) is 73.1 Å². The van der Waals surface area contributed by atoms with Gasteiger partial charge < -0.3 is 15.4 Å². The molecule has 3 aromatic rings. The first-order valence-electron chi connectivity index (χ1n) is 8.46. The van der Waals surface area contributed by atoms with E-state index >= 15 is 0 Å². The molecule has 0 aliphatic carbocycles. The molecule has 0 fully saturated rings. The summed E-state index contributed by atoms with van der Waals surface area (Å²) in [5.41, 5.74) is 2.15. The maximum absolute atomic E-state index is 12.1. The molecule has 1 amide bonds. The molecule has 0 atom stereocenters. The fourth-order valence-corrected chi connectivity index (χ4v) is 2.38. The first-order chi connectivity index (χ1) is 12.6. The molecule has 0 aliphatic heterocycles. The Morgan fingerprint density at radius 1 is 0.923 bits per heavy atom. The van der Waals surface area contributed by atoms with E-state index in [1.54, 1.807) is 18.5 Å². The minimum atomic E-state index is -0.136. The molecule has 1 aromatic heterocycles. The summed E-state index contributed by atoms with van der Waals surface area (Å²) in [6.07, 6.45) is 3.24. The zero-order valence-electron chi connectivity index (χ0n) is 14.8. The standard InChI is InChI=1S/C21H21N3O2/c1-15(2)23-21(25)16-12-18(14-22-13-16)24-17-8-10-20(11-9-17)26-19-6-4-3-5-7-19/h3-15,24H,1-2H3,(H,23,25). The number of hydrogen-bond acceptors (Lipinski definition) is 4. The molecule has 2 aromatic carbocycles. The van der Waals surface area contributed by atoms with Crippen molar-refractivity contribution in [3.63, 3.8) is 0 Å². The van der Waals surface area contributed by atoms with Crippen molar-refractivity contribution in [2.24, 2.45) is 0 Å². The van der Waals surface area contributed by atoms with Crippen LogP contribution in [0, 0.1) is 0 Å². The lowest BCUT2D eigenvalue weighted by Gasteiger charge is -2.11. The number of para-hydroxylation sites is 1. The van der Waals surface area contributed by atoms with Crippen LogP contribution in [0.5, 0.6) is 11.5 Å². The number of rotatable bonds is 6. The molecule has 0 unspecified atom stereocenters. The second-order valence-corrected chi connectivity index (χ2v) is 6.15. The fourth-order valence-electron chi connectivity index (χ4n) is 2.38. The third kappa shape index (κ3) is 4.83. The highest BCUT2D eigenvalue weighted by atomic mass is 16.5. The number of ether oxygens (including phenoxy) is 1. The van der Waals surface area contributed by atoms with Gasteiger partial charge in [0.2, 0.25) is 0 Å². The van der Waals surface area contributed by atoms with E-state index in [0.717, 1.165) is 22.9 Å². The maximum atomic E-state index is 12.1.